The van der Waals surface area contributed by atoms with Crippen molar-refractivity contribution < 1.29 is 9.90 Å². The van der Waals surface area contributed by atoms with Gasteiger partial charge in [0.2, 0.25) is 0 Å². The number of carbonyl (C=O) groups is 1. The minimum Gasteiger partial charge on any atom is -0.465 e. The molecule has 3 heteroatoms. The van der Waals surface area contributed by atoms with Gasteiger partial charge in [-0.05, 0) is 24.7 Å². The molecule has 0 radical (unpaired) electrons. The summed E-state index contributed by atoms with van der Waals surface area (Å²) in [6.07, 6.45) is 3.98. The van der Waals surface area contributed by atoms with Gasteiger partial charge >= 0.3 is 6.09 Å². The summed E-state index contributed by atoms with van der Waals surface area (Å²) >= 11 is 0. The molecule has 1 fully saturated rings. The third-order valence-electron chi connectivity index (χ3n) is 2.68. The van der Waals surface area contributed by atoms with E-state index in [-0.39, 0.29) is 0 Å². The molecular weight excluding hydrogens is 154 g/mol. The molecule has 1 rings (SSSR count). The Labute approximate surface area is 73.2 Å². The van der Waals surface area contributed by atoms with Crippen LogP contribution in [0.5, 0.6) is 0 Å². The largest absolute Gasteiger partial charge is 0.465 e. The Morgan fingerprint density at radius 3 is 2.50 bits per heavy atom. The first-order chi connectivity index (χ1) is 5.68. The van der Waals surface area contributed by atoms with Gasteiger partial charge in [0.1, 0.15) is 0 Å². The Balaban J connectivity index is 2.13. The molecule has 0 heterocycles. The number of hydrogen-bond donors (Lipinski definition) is 2. The van der Waals surface area contributed by atoms with Crippen molar-refractivity contribution in [2.75, 3.05) is 6.54 Å². The van der Waals surface area contributed by atoms with Gasteiger partial charge in [0.25, 0.3) is 0 Å². The van der Waals surface area contributed by atoms with Gasteiger partial charge in [-0.2, -0.15) is 0 Å². The highest BCUT2D eigenvalue weighted by atomic mass is 16.4. The Morgan fingerprint density at radius 2 is 2.00 bits per heavy atom. The van der Waals surface area contributed by atoms with Crippen molar-refractivity contribution in [2.24, 2.45) is 11.8 Å². The Bertz CT molecular complexity index is 151. The van der Waals surface area contributed by atoms with E-state index in [1.165, 1.54) is 25.7 Å². The van der Waals surface area contributed by atoms with Crippen molar-refractivity contribution in [1.82, 2.24) is 5.32 Å². The van der Waals surface area contributed by atoms with Crippen LogP contribution in [0.3, 0.4) is 0 Å². The summed E-state index contributed by atoms with van der Waals surface area (Å²) in [5.74, 6) is 1.42. The predicted octanol–water partition coefficient (Wildman–Crippen LogP) is 2.08. The van der Waals surface area contributed by atoms with Crippen LogP contribution in [-0.2, 0) is 0 Å². The van der Waals surface area contributed by atoms with Crippen LogP contribution in [0.15, 0.2) is 0 Å². The average molecular weight is 171 g/mol. The molecule has 0 saturated heterocycles. The highest BCUT2D eigenvalue weighted by molar-refractivity contribution is 5.64. The van der Waals surface area contributed by atoms with Gasteiger partial charge in [-0.25, -0.2) is 4.79 Å². The lowest BCUT2D eigenvalue weighted by Gasteiger charge is -2.25. The second-order valence-electron chi connectivity index (χ2n) is 3.81. The molecule has 0 unspecified atom stereocenters. The molecule has 3 nitrogen and oxygen atoms in total. The van der Waals surface area contributed by atoms with Gasteiger partial charge in [0, 0.05) is 6.54 Å². The Hall–Kier alpha value is -0.730. The fourth-order valence-corrected chi connectivity index (χ4v) is 1.76. The van der Waals surface area contributed by atoms with Crippen molar-refractivity contribution in [3.8, 4) is 0 Å². The highest BCUT2D eigenvalue weighted by Gasteiger charge is 2.18. The zero-order valence-corrected chi connectivity index (χ0v) is 7.55. The molecule has 12 heavy (non-hydrogen) atoms. The molecule has 0 aromatic heterocycles. The maximum absolute atomic E-state index is 10.2. The molecule has 0 spiro atoms. The topological polar surface area (TPSA) is 49.3 Å². The van der Waals surface area contributed by atoms with Crippen LogP contribution in [0, 0.1) is 11.8 Å². The fraction of sp³-hybridized carbons (Fsp3) is 0.889. The first-order valence-electron chi connectivity index (χ1n) is 4.65. The number of carboxylic acid groups (broad SMARTS) is 1. The SMILES string of the molecule is CC1CCC(CNC(=O)O)CC1. The number of amides is 1. The lowest BCUT2D eigenvalue weighted by Crippen LogP contribution is -2.29. The Kier molecular flexibility index (Phi) is 3.38. The molecule has 70 valence electrons. The smallest absolute Gasteiger partial charge is 0.404 e. The van der Waals surface area contributed by atoms with Crippen LogP contribution >= 0.6 is 0 Å². The lowest BCUT2D eigenvalue weighted by molar-refractivity contribution is 0.188. The predicted molar refractivity (Wildman–Crippen MR) is 47.1 cm³/mol. The van der Waals surface area contributed by atoms with E-state index in [4.69, 9.17) is 5.11 Å². The standard InChI is InChI=1S/C9H17NO2/c1-7-2-4-8(5-3-7)6-10-9(11)12/h7-8,10H,2-6H2,1H3,(H,11,12). The van der Waals surface area contributed by atoms with E-state index in [0.717, 1.165) is 5.92 Å². The van der Waals surface area contributed by atoms with Gasteiger partial charge < -0.3 is 10.4 Å². The number of rotatable bonds is 2. The average Bonchev–Trinajstić information content (AvgIpc) is 2.03. The maximum Gasteiger partial charge on any atom is 0.404 e. The Morgan fingerprint density at radius 1 is 1.42 bits per heavy atom. The first kappa shape index (κ1) is 9.36. The molecule has 0 aromatic carbocycles. The molecule has 0 atom stereocenters. The van der Waals surface area contributed by atoms with E-state index >= 15 is 0 Å². The third kappa shape index (κ3) is 3.11. The van der Waals surface area contributed by atoms with Gasteiger partial charge in [0.15, 0.2) is 0 Å². The van der Waals surface area contributed by atoms with Crippen LogP contribution < -0.4 is 5.32 Å². The molecule has 2 N–H and O–H groups in total. The van der Waals surface area contributed by atoms with Gasteiger partial charge in [-0.3, -0.25) is 0 Å². The van der Waals surface area contributed by atoms with Crippen molar-refractivity contribution in [1.29, 1.82) is 0 Å². The molecule has 1 amide bonds. The highest BCUT2D eigenvalue weighted by Crippen LogP contribution is 2.27. The second-order valence-corrected chi connectivity index (χ2v) is 3.81. The summed E-state index contributed by atoms with van der Waals surface area (Å²) in [6.45, 7) is 2.91. The molecule has 1 aliphatic carbocycles. The minimum absolute atomic E-state index is 0.581. The van der Waals surface area contributed by atoms with E-state index < -0.39 is 6.09 Å². The van der Waals surface area contributed by atoms with Crippen LogP contribution in [-0.4, -0.2) is 17.7 Å². The third-order valence-corrected chi connectivity index (χ3v) is 2.68. The van der Waals surface area contributed by atoms with Crippen molar-refractivity contribution >= 4 is 6.09 Å². The van der Waals surface area contributed by atoms with Gasteiger partial charge in [0.05, 0.1) is 0 Å². The van der Waals surface area contributed by atoms with E-state index in [2.05, 4.69) is 12.2 Å². The monoisotopic (exact) mass is 171 g/mol. The van der Waals surface area contributed by atoms with Crippen molar-refractivity contribution in [2.45, 2.75) is 32.6 Å². The quantitative estimate of drug-likeness (QED) is 0.668. The number of nitrogens with one attached hydrogen (secondary N) is 1. The second kappa shape index (κ2) is 4.33. The minimum atomic E-state index is -0.895. The van der Waals surface area contributed by atoms with E-state index in [1.807, 2.05) is 0 Å². The molecule has 1 saturated carbocycles. The summed E-state index contributed by atoms with van der Waals surface area (Å²) in [5, 5.41) is 10.8. The van der Waals surface area contributed by atoms with E-state index in [9.17, 15) is 4.79 Å². The first-order valence-corrected chi connectivity index (χ1v) is 4.65. The molecule has 1 aliphatic rings. The van der Waals surface area contributed by atoms with Gasteiger partial charge in [-0.1, -0.05) is 19.8 Å². The maximum atomic E-state index is 10.2. The van der Waals surface area contributed by atoms with E-state index in [1.54, 1.807) is 0 Å². The summed E-state index contributed by atoms with van der Waals surface area (Å²) in [6, 6.07) is 0. The fourth-order valence-electron chi connectivity index (χ4n) is 1.76. The number of hydrogen-bond acceptors (Lipinski definition) is 1. The molecule has 0 aromatic rings. The van der Waals surface area contributed by atoms with Crippen molar-refractivity contribution in [3.63, 3.8) is 0 Å². The van der Waals surface area contributed by atoms with Crippen LogP contribution in [0.2, 0.25) is 0 Å². The summed E-state index contributed by atoms with van der Waals surface area (Å²) in [4.78, 5) is 10.2. The summed E-state index contributed by atoms with van der Waals surface area (Å²) in [5.41, 5.74) is 0. The molecule has 0 aliphatic heterocycles. The molecule has 0 bridgehead atoms. The molecular formula is C9H17NO2. The zero-order chi connectivity index (χ0) is 8.97. The summed E-state index contributed by atoms with van der Waals surface area (Å²) in [7, 11) is 0. The summed E-state index contributed by atoms with van der Waals surface area (Å²) < 4.78 is 0. The van der Waals surface area contributed by atoms with Crippen LogP contribution in [0.1, 0.15) is 32.6 Å². The zero-order valence-electron chi connectivity index (χ0n) is 7.55. The van der Waals surface area contributed by atoms with Crippen molar-refractivity contribution in [3.05, 3.63) is 0 Å². The van der Waals surface area contributed by atoms with Crippen LogP contribution in [0.25, 0.3) is 0 Å². The lowest BCUT2D eigenvalue weighted by atomic mass is 9.83. The van der Waals surface area contributed by atoms with Crippen LogP contribution in [0.4, 0.5) is 4.79 Å². The van der Waals surface area contributed by atoms with E-state index in [0.29, 0.717) is 12.5 Å². The normalized spacial score (nSPS) is 29.8. The van der Waals surface area contributed by atoms with Gasteiger partial charge in [-0.15, -0.1) is 0 Å².